The first kappa shape index (κ1) is 33.4. The van der Waals surface area contributed by atoms with Gasteiger partial charge in [-0.05, 0) is 88.0 Å². The molecule has 0 bridgehead atoms. The van der Waals surface area contributed by atoms with Crippen molar-refractivity contribution in [3.8, 4) is 62.0 Å². The predicted molar refractivity (Wildman–Crippen MR) is 242 cm³/mol. The Balaban J connectivity index is 1.26. The molecule has 11 aromatic rings. The number of para-hydroxylation sites is 3. The van der Waals surface area contributed by atoms with E-state index in [4.69, 9.17) is 0 Å². The Morgan fingerprint density at radius 2 is 0.793 bits per heavy atom. The third kappa shape index (κ3) is 5.35. The average Bonchev–Trinajstić information content (AvgIpc) is 3.81. The Bertz CT molecular complexity index is 3380. The molecule has 0 unspecified atom stereocenters. The zero-order chi connectivity index (χ0) is 38.6. The lowest BCUT2D eigenvalue weighted by molar-refractivity contribution is 1.10. The van der Waals surface area contributed by atoms with Crippen molar-refractivity contribution < 1.29 is 0 Å². The molecule has 3 heteroatoms. The van der Waals surface area contributed by atoms with Crippen LogP contribution in [0.5, 0.6) is 0 Å². The second-order valence-corrected chi connectivity index (χ2v) is 14.8. The van der Waals surface area contributed by atoms with E-state index in [0.29, 0.717) is 5.56 Å². The smallest absolute Gasteiger partial charge is 0.0998 e. The van der Waals surface area contributed by atoms with E-state index >= 15 is 0 Å². The summed E-state index contributed by atoms with van der Waals surface area (Å²) in [6, 6.07) is 78.1. The van der Waals surface area contributed by atoms with Gasteiger partial charge in [0.1, 0.15) is 0 Å². The van der Waals surface area contributed by atoms with Crippen LogP contribution in [0.15, 0.2) is 212 Å². The van der Waals surface area contributed by atoms with E-state index in [1.807, 2.05) is 24.3 Å². The second-order valence-electron chi connectivity index (χ2n) is 14.8. The summed E-state index contributed by atoms with van der Waals surface area (Å²) in [5.74, 6) is 0. The van der Waals surface area contributed by atoms with Crippen LogP contribution >= 0.6 is 0 Å². The van der Waals surface area contributed by atoms with E-state index in [0.717, 1.165) is 55.7 Å². The number of hydrogen-bond donors (Lipinski definition) is 0. The van der Waals surface area contributed by atoms with Crippen molar-refractivity contribution in [1.82, 2.24) is 9.13 Å². The topological polar surface area (TPSA) is 33.6 Å². The molecular formula is C55H35N3. The predicted octanol–water partition coefficient (Wildman–Crippen LogP) is 14.4. The van der Waals surface area contributed by atoms with Crippen LogP contribution in [0.2, 0.25) is 0 Å². The standard InChI is InChI=1S/C55H35N3/c56-36-43-28-27-42(35-47(43)39-19-8-3-9-20-39)44-23-14-26-54(57-50-24-12-10-21-45(50)48-33-40(29-31-52(48)57)37-15-4-1-5-16-37)55(44)58-51-25-13-11-22-46(51)49-34-41(30-32-53(49)58)38-17-6-2-7-18-38/h1-35H. The summed E-state index contributed by atoms with van der Waals surface area (Å²) < 4.78 is 4.91. The van der Waals surface area contributed by atoms with Crippen LogP contribution in [0, 0.1) is 11.3 Å². The summed E-state index contributed by atoms with van der Waals surface area (Å²) in [6.07, 6.45) is 0. The lowest BCUT2D eigenvalue weighted by Gasteiger charge is -2.21. The van der Waals surface area contributed by atoms with Crippen LogP contribution in [-0.2, 0) is 0 Å². The van der Waals surface area contributed by atoms with Crippen LogP contribution in [0.4, 0.5) is 0 Å². The lowest BCUT2D eigenvalue weighted by atomic mass is 9.93. The van der Waals surface area contributed by atoms with Crippen molar-refractivity contribution in [3.63, 3.8) is 0 Å². The minimum absolute atomic E-state index is 0.648. The van der Waals surface area contributed by atoms with Crippen LogP contribution in [0.25, 0.3) is 99.5 Å². The van der Waals surface area contributed by atoms with Crippen molar-refractivity contribution in [3.05, 3.63) is 218 Å². The molecule has 0 radical (unpaired) electrons. The number of hydrogen-bond acceptors (Lipinski definition) is 1. The first-order valence-corrected chi connectivity index (χ1v) is 19.7. The molecular weight excluding hydrogens is 703 g/mol. The number of fused-ring (bicyclic) bond motifs is 6. The van der Waals surface area contributed by atoms with Crippen molar-refractivity contribution in [2.75, 3.05) is 0 Å². The van der Waals surface area contributed by atoms with Gasteiger partial charge in [0, 0.05) is 32.7 Å². The highest BCUT2D eigenvalue weighted by Crippen LogP contribution is 2.44. The molecule has 3 nitrogen and oxygen atoms in total. The fourth-order valence-electron chi connectivity index (χ4n) is 8.91. The van der Waals surface area contributed by atoms with Crippen LogP contribution in [0.1, 0.15) is 5.56 Å². The van der Waals surface area contributed by atoms with Gasteiger partial charge in [0.05, 0.1) is 45.1 Å². The van der Waals surface area contributed by atoms with Gasteiger partial charge < -0.3 is 9.13 Å². The number of nitrogens with zero attached hydrogens (tertiary/aromatic N) is 3. The molecule has 2 aromatic heterocycles. The van der Waals surface area contributed by atoms with Crippen LogP contribution in [0.3, 0.4) is 0 Å². The molecule has 0 N–H and O–H groups in total. The zero-order valence-electron chi connectivity index (χ0n) is 31.5. The van der Waals surface area contributed by atoms with Crippen molar-refractivity contribution in [2.45, 2.75) is 0 Å². The van der Waals surface area contributed by atoms with Gasteiger partial charge in [0.2, 0.25) is 0 Å². The van der Waals surface area contributed by atoms with E-state index in [9.17, 15) is 5.26 Å². The fraction of sp³-hybridized carbons (Fsp3) is 0. The maximum absolute atomic E-state index is 10.3. The summed E-state index contributed by atoms with van der Waals surface area (Å²) in [4.78, 5) is 0. The summed E-state index contributed by atoms with van der Waals surface area (Å²) >= 11 is 0. The summed E-state index contributed by atoms with van der Waals surface area (Å²) in [6.45, 7) is 0. The lowest BCUT2D eigenvalue weighted by Crippen LogP contribution is -2.06. The second kappa shape index (κ2) is 13.7. The minimum atomic E-state index is 0.648. The largest absolute Gasteiger partial charge is 0.307 e. The van der Waals surface area contributed by atoms with Crippen molar-refractivity contribution in [2.24, 2.45) is 0 Å². The Morgan fingerprint density at radius 1 is 0.310 bits per heavy atom. The van der Waals surface area contributed by atoms with Crippen molar-refractivity contribution in [1.29, 1.82) is 5.26 Å². The van der Waals surface area contributed by atoms with Gasteiger partial charge in [0.15, 0.2) is 0 Å². The molecule has 0 atom stereocenters. The number of rotatable bonds is 6. The molecule has 0 saturated carbocycles. The highest BCUT2D eigenvalue weighted by atomic mass is 15.1. The SMILES string of the molecule is N#Cc1ccc(-c2cccc(-n3c4ccccc4c4cc(-c5ccccc5)ccc43)c2-n2c3ccccc3c3cc(-c4ccccc4)ccc32)cc1-c1ccccc1. The third-order valence-corrected chi connectivity index (χ3v) is 11.6. The van der Waals surface area contributed by atoms with E-state index in [-0.39, 0.29) is 0 Å². The van der Waals surface area contributed by atoms with Gasteiger partial charge >= 0.3 is 0 Å². The molecule has 11 rings (SSSR count). The van der Waals surface area contributed by atoms with E-state index < -0.39 is 0 Å². The van der Waals surface area contributed by atoms with Gasteiger partial charge in [-0.1, -0.05) is 158 Å². The van der Waals surface area contributed by atoms with E-state index in [1.54, 1.807) is 0 Å². The van der Waals surface area contributed by atoms with Gasteiger partial charge in [-0.25, -0.2) is 0 Å². The first-order valence-electron chi connectivity index (χ1n) is 19.7. The molecule has 58 heavy (non-hydrogen) atoms. The fourth-order valence-corrected chi connectivity index (χ4v) is 8.91. The third-order valence-electron chi connectivity index (χ3n) is 11.6. The molecule has 0 aliphatic heterocycles. The quantitative estimate of drug-likeness (QED) is 0.167. The van der Waals surface area contributed by atoms with Gasteiger partial charge in [-0.3, -0.25) is 0 Å². The minimum Gasteiger partial charge on any atom is -0.307 e. The number of aromatic nitrogens is 2. The molecule has 270 valence electrons. The Hall–Kier alpha value is -7.93. The van der Waals surface area contributed by atoms with Crippen LogP contribution < -0.4 is 0 Å². The highest BCUT2D eigenvalue weighted by molar-refractivity contribution is 6.13. The Morgan fingerprint density at radius 3 is 1.38 bits per heavy atom. The summed E-state index contributed by atoms with van der Waals surface area (Å²) in [5, 5.41) is 15.1. The summed E-state index contributed by atoms with van der Waals surface area (Å²) in [7, 11) is 0. The van der Waals surface area contributed by atoms with Gasteiger partial charge in [0.25, 0.3) is 0 Å². The molecule has 9 aromatic carbocycles. The maximum Gasteiger partial charge on any atom is 0.0998 e. The maximum atomic E-state index is 10.3. The summed E-state index contributed by atoms with van der Waals surface area (Å²) in [5.41, 5.74) is 16.1. The Labute approximate surface area is 336 Å². The molecule has 0 aliphatic rings. The number of nitriles is 1. The molecule has 0 aliphatic carbocycles. The highest BCUT2D eigenvalue weighted by Gasteiger charge is 2.23. The van der Waals surface area contributed by atoms with Crippen molar-refractivity contribution >= 4 is 43.6 Å². The molecule has 0 saturated heterocycles. The molecule has 0 spiro atoms. The molecule has 2 heterocycles. The molecule has 0 fully saturated rings. The zero-order valence-corrected chi connectivity index (χ0v) is 31.5. The monoisotopic (exact) mass is 737 g/mol. The van der Waals surface area contributed by atoms with E-state index in [2.05, 4.69) is 203 Å². The van der Waals surface area contributed by atoms with E-state index in [1.165, 1.54) is 43.8 Å². The van der Waals surface area contributed by atoms with Crippen LogP contribution in [-0.4, -0.2) is 9.13 Å². The van der Waals surface area contributed by atoms with Gasteiger partial charge in [-0.2, -0.15) is 5.26 Å². The normalized spacial score (nSPS) is 11.4. The average molecular weight is 738 g/mol. The first-order chi connectivity index (χ1) is 28.7. The number of benzene rings is 9. The Kier molecular flexibility index (Phi) is 7.88. The van der Waals surface area contributed by atoms with Gasteiger partial charge in [-0.15, -0.1) is 0 Å². The molecule has 0 amide bonds.